The lowest BCUT2D eigenvalue weighted by Gasteiger charge is -2.22. The van der Waals surface area contributed by atoms with Gasteiger partial charge in [0.2, 0.25) is 5.91 Å². The number of aromatic nitrogens is 2. The molecule has 1 atom stereocenters. The molecule has 3 N–H and O–H groups in total. The molecule has 2 aromatic rings. The zero-order valence-corrected chi connectivity index (χ0v) is 16.2. The number of fused-ring (bicyclic) bond motifs is 1. The molecule has 1 aromatic heterocycles. The number of carbonyl (C=O) groups is 1. The Balaban J connectivity index is 1.74. The Hall–Kier alpha value is -2.37. The van der Waals surface area contributed by atoms with Crippen LogP contribution in [0.3, 0.4) is 0 Å². The van der Waals surface area contributed by atoms with E-state index in [9.17, 15) is 9.59 Å². The fraction of sp³-hybridized carbons (Fsp3) is 0.550. The predicted molar refractivity (Wildman–Crippen MR) is 106 cm³/mol. The molecule has 6 heteroatoms. The van der Waals surface area contributed by atoms with E-state index in [0.717, 1.165) is 18.2 Å². The van der Waals surface area contributed by atoms with Crippen molar-refractivity contribution in [3.63, 3.8) is 0 Å². The van der Waals surface area contributed by atoms with Crippen LogP contribution < -0.4 is 16.2 Å². The Morgan fingerprint density at radius 2 is 1.88 bits per heavy atom. The van der Waals surface area contributed by atoms with E-state index < -0.39 is 0 Å². The second-order valence-corrected chi connectivity index (χ2v) is 8.15. The number of benzene rings is 1. The first-order chi connectivity index (χ1) is 12.3. The molecule has 0 bridgehead atoms. The van der Waals surface area contributed by atoms with E-state index in [-0.39, 0.29) is 16.9 Å². The molecule has 1 amide bonds. The van der Waals surface area contributed by atoms with Gasteiger partial charge in [0.15, 0.2) is 5.82 Å². The first-order valence-corrected chi connectivity index (χ1v) is 9.24. The minimum absolute atomic E-state index is 0.106. The van der Waals surface area contributed by atoms with Crippen molar-refractivity contribution in [1.82, 2.24) is 15.5 Å². The van der Waals surface area contributed by atoms with E-state index in [0.29, 0.717) is 36.6 Å². The lowest BCUT2D eigenvalue weighted by molar-refractivity contribution is -0.122. The van der Waals surface area contributed by atoms with Gasteiger partial charge in [-0.15, -0.1) is 0 Å². The molecule has 0 saturated heterocycles. The van der Waals surface area contributed by atoms with Crippen molar-refractivity contribution in [3.8, 4) is 0 Å². The largest absolute Gasteiger partial charge is 0.368 e. The number of rotatable bonds is 8. The van der Waals surface area contributed by atoms with Gasteiger partial charge in [-0.25, -0.2) is 5.10 Å². The van der Waals surface area contributed by atoms with Crippen LogP contribution in [-0.4, -0.2) is 29.2 Å². The van der Waals surface area contributed by atoms with Gasteiger partial charge < -0.3 is 10.6 Å². The molecule has 0 aliphatic heterocycles. The fourth-order valence-corrected chi connectivity index (χ4v) is 3.28. The Bertz CT molecular complexity index is 792. The van der Waals surface area contributed by atoms with Crippen LogP contribution in [0.4, 0.5) is 5.82 Å². The average molecular weight is 358 g/mol. The first kappa shape index (κ1) is 19.9. The number of aromatic amines is 1. The minimum atomic E-state index is -0.192. The second-order valence-electron chi connectivity index (χ2n) is 8.15. The van der Waals surface area contributed by atoms with Crippen molar-refractivity contribution in [2.75, 3.05) is 18.4 Å². The highest BCUT2D eigenvalue weighted by Gasteiger charge is 2.17. The van der Waals surface area contributed by atoms with Gasteiger partial charge in [-0.2, -0.15) is 5.10 Å². The monoisotopic (exact) mass is 358 g/mol. The van der Waals surface area contributed by atoms with Crippen LogP contribution >= 0.6 is 0 Å². The normalized spacial score (nSPS) is 12.8. The van der Waals surface area contributed by atoms with Crippen molar-refractivity contribution in [2.45, 2.75) is 47.0 Å². The molecule has 2 rings (SSSR count). The van der Waals surface area contributed by atoms with Crippen LogP contribution in [0.2, 0.25) is 0 Å². The molecule has 1 aromatic carbocycles. The van der Waals surface area contributed by atoms with Gasteiger partial charge in [0.05, 0.1) is 5.39 Å². The number of hydrogen-bond donors (Lipinski definition) is 3. The van der Waals surface area contributed by atoms with Crippen LogP contribution in [0, 0.1) is 11.3 Å². The number of carbonyl (C=O) groups excluding carboxylic acids is 1. The third-order valence-corrected chi connectivity index (χ3v) is 4.16. The summed E-state index contributed by atoms with van der Waals surface area (Å²) in [6, 6.07) is 7.36. The predicted octanol–water partition coefficient (Wildman–Crippen LogP) is 3.30. The summed E-state index contributed by atoms with van der Waals surface area (Å²) in [5.41, 5.74) is 0.0542. The highest BCUT2D eigenvalue weighted by atomic mass is 16.1. The number of H-pyrrole nitrogens is 1. The van der Waals surface area contributed by atoms with Gasteiger partial charge in [-0.05, 0) is 30.2 Å². The van der Waals surface area contributed by atoms with E-state index >= 15 is 0 Å². The summed E-state index contributed by atoms with van der Waals surface area (Å²) in [5.74, 6) is 1.14. The summed E-state index contributed by atoms with van der Waals surface area (Å²) in [5, 5.41) is 14.2. The standard InChI is InChI=1S/C20H30N4O2/c1-14(13-20(2,3)4)12-17(25)21-10-7-11-22-18-15-8-5-6-9-16(15)19(26)24-23-18/h5-6,8-9,14H,7,10-13H2,1-4H3,(H,21,25)(H,22,23)(H,24,26). The first-order valence-electron chi connectivity index (χ1n) is 9.24. The maximum atomic E-state index is 12.0. The Kier molecular flexibility index (Phi) is 6.77. The minimum Gasteiger partial charge on any atom is -0.368 e. The number of anilines is 1. The molecule has 0 spiro atoms. The van der Waals surface area contributed by atoms with Crippen molar-refractivity contribution < 1.29 is 4.79 Å². The van der Waals surface area contributed by atoms with E-state index in [4.69, 9.17) is 0 Å². The van der Waals surface area contributed by atoms with Crippen molar-refractivity contribution in [1.29, 1.82) is 0 Å². The number of hydrogen-bond acceptors (Lipinski definition) is 4. The van der Waals surface area contributed by atoms with Crippen LogP contribution in [0.25, 0.3) is 10.8 Å². The Morgan fingerprint density at radius 3 is 2.58 bits per heavy atom. The second kappa shape index (κ2) is 8.83. The molecular formula is C20H30N4O2. The van der Waals surface area contributed by atoms with E-state index in [2.05, 4.69) is 48.5 Å². The van der Waals surface area contributed by atoms with Gasteiger partial charge in [-0.3, -0.25) is 9.59 Å². The lowest BCUT2D eigenvalue weighted by Crippen LogP contribution is -2.28. The summed E-state index contributed by atoms with van der Waals surface area (Å²) >= 11 is 0. The number of amides is 1. The van der Waals surface area contributed by atoms with Crippen LogP contribution in [-0.2, 0) is 4.79 Å². The third kappa shape index (κ3) is 6.17. The molecule has 1 unspecified atom stereocenters. The summed E-state index contributed by atoms with van der Waals surface area (Å²) < 4.78 is 0. The smallest absolute Gasteiger partial charge is 0.272 e. The highest BCUT2D eigenvalue weighted by molar-refractivity contribution is 5.90. The average Bonchev–Trinajstić information content (AvgIpc) is 2.55. The lowest BCUT2D eigenvalue weighted by atomic mass is 9.84. The molecule has 0 fully saturated rings. The molecule has 1 heterocycles. The van der Waals surface area contributed by atoms with Crippen molar-refractivity contribution in [3.05, 3.63) is 34.6 Å². The molecule has 0 aliphatic carbocycles. The summed E-state index contributed by atoms with van der Waals surface area (Å²) in [7, 11) is 0. The fourth-order valence-electron chi connectivity index (χ4n) is 3.28. The topological polar surface area (TPSA) is 86.9 Å². The summed E-state index contributed by atoms with van der Waals surface area (Å²) in [4.78, 5) is 23.8. The number of nitrogens with zero attached hydrogens (tertiary/aromatic N) is 1. The summed E-state index contributed by atoms with van der Waals surface area (Å²) in [6.45, 7) is 10.0. The molecule has 0 radical (unpaired) electrons. The molecule has 0 saturated carbocycles. The van der Waals surface area contributed by atoms with E-state index in [1.807, 2.05) is 18.2 Å². The van der Waals surface area contributed by atoms with Gasteiger partial charge in [0.1, 0.15) is 0 Å². The highest BCUT2D eigenvalue weighted by Crippen LogP contribution is 2.25. The molecule has 142 valence electrons. The zero-order chi connectivity index (χ0) is 19.2. The van der Waals surface area contributed by atoms with Crippen LogP contribution in [0.15, 0.2) is 29.1 Å². The van der Waals surface area contributed by atoms with Crippen molar-refractivity contribution in [2.24, 2.45) is 11.3 Å². The molecular weight excluding hydrogens is 328 g/mol. The SMILES string of the molecule is CC(CC(=O)NCCCNc1n[nH]c(=O)c2ccccc12)CC(C)(C)C. The van der Waals surface area contributed by atoms with Gasteiger partial charge in [0, 0.05) is 24.9 Å². The summed E-state index contributed by atoms with van der Waals surface area (Å²) in [6.07, 6.45) is 2.39. The van der Waals surface area contributed by atoms with Gasteiger partial charge in [-0.1, -0.05) is 45.9 Å². The quantitative estimate of drug-likeness (QED) is 0.632. The van der Waals surface area contributed by atoms with Gasteiger partial charge in [0.25, 0.3) is 5.56 Å². The molecule has 6 nitrogen and oxygen atoms in total. The Labute approximate surface area is 154 Å². The van der Waals surface area contributed by atoms with Crippen LogP contribution in [0.5, 0.6) is 0 Å². The van der Waals surface area contributed by atoms with Crippen LogP contribution in [0.1, 0.15) is 47.0 Å². The zero-order valence-electron chi connectivity index (χ0n) is 16.2. The number of nitrogens with one attached hydrogen (secondary N) is 3. The Morgan fingerprint density at radius 1 is 1.19 bits per heavy atom. The van der Waals surface area contributed by atoms with Gasteiger partial charge >= 0.3 is 0 Å². The third-order valence-electron chi connectivity index (χ3n) is 4.16. The molecule has 0 aliphatic rings. The van der Waals surface area contributed by atoms with E-state index in [1.165, 1.54) is 0 Å². The maximum Gasteiger partial charge on any atom is 0.272 e. The maximum absolute atomic E-state index is 12.0. The molecule has 26 heavy (non-hydrogen) atoms. The van der Waals surface area contributed by atoms with Crippen molar-refractivity contribution >= 4 is 22.5 Å². The van der Waals surface area contributed by atoms with E-state index in [1.54, 1.807) is 6.07 Å².